The molecule has 0 fully saturated rings. The van der Waals surface area contributed by atoms with Crippen LogP contribution in [0.1, 0.15) is 5.69 Å². The molecule has 0 radical (unpaired) electrons. The molecule has 0 unspecified atom stereocenters. The minimum absolute atomic E-state index is 0.240. The maximum atomic E-state index is 12.0. The number of sulfonamides is 1. The van der Waals surface area contributed by atoms with E-state index in [4.69, 9.17) is 0 Å². The summed E-state index contributed by atoms with van der Waals surface area (Å²) < 4.78 is 27.2. The van der Waals surface area contributed by atoms with Crippen LogP contribution in [0.2, 0.25) is 0 Å². The fourth-order valence-electron chi connectivity index (χ4n) is 1.24. The third-order valence-corrected chi connectivity index (χ3v) is 5.07. The largest absolute Gasteiger partial charge is 0.269 e. The first-order valence-electron chi connectivity index (χ1n) is 4.70. The second-order valence-electron chi connectivity index (χ2n) is 3.30. The quantitative estimate of drug-likeness (QED) is 0.939. The van der Waals surface area contributed by atoms with E-state index in [-0.39, 0.29) is 4.90 Å². The number of nitrogens with zero attached hydrogens (tertiary/aromatic N) is 1. The van der Waals surface area contributed by atoms with Crippen molar-refractivity contribution in [3.05, 3.63) is 39.9 Å². The first-order valence-corrected chi connectivity index (χ1v) is 7.79. The lowest BCUT2D eigenvalue weighted by atomic mass is 10.4. The zero-order valence-electron chi connectivity index (χ0n) is 8.84. The van der Waals surface area contributed by atoms with Crippen LogP contribution < -0.4 is 4.72 Å². The molecule has 0 atom stereocenters. The number of thiazole rings is 1. The average Bonchev–Trinajstić information content (AvgIpc) is 2.58. The summed E-state index contributed by atoms with van der Waals surface area (Å²) >= 11 is 4.47. The summed E-state index contributed by atoms with van der Waals surface area (Å²) in [6, 6.07) is 8.24. The standard InChI is InChI=1S/C10H9BrN2O2S2/c1-7-9(16-10(11)12-7)13-17(14,15)8-5-3-2-4-6-8/h2-6,13H,1H3. The smallest absolute Gasteiger partial charge is 0.262 e. The van der Waals surface area contributed by atoms with Crippen LogP contribution in [0.25, 0.3) is 0 Å². The summed E-state index contributed by atoms with van der Waals surface area (Å²) in [5, 5.41) is 0.528. The summed E-state index contributed by atoms with van der Waals surface area (Å²) in [6.45, 7) is 1.75. The summed E-state index contributed by atoms with van der Waals surface area (Å²) in [4.78, 5) is 4.34. The van der Waals surface area contributed by atoms with Crippen LogP contribution in [0.5, 0.6) is 0 Å². The lowest BCUT2D eigenvalue weighted by Gasteiger charge is -2.05. The topological polar surface area (TPSA) is 59.1 Å². The molecular weight excluding hydrogens is 324 g/mol. The molecule has 0 saturated heterocycles. The SMILES string of the molecule is Cc1nc(Br)sc1NS(=O)(=O)c1ccccc1. The molecule has 0 bridgehead atoms. The van der Waals surface area contributed by atoms with Crippen molar-refractivity contribution in [1.82, 2.24) is 4.98 Å². The van der Waals surface area contributed by atoms with Crippen LogP contribution in [0.15, 0.2) is 39.1 Å². The van der Waals surface area contributed by atoms with Gasteiger partial charge >= 0.3 is 0 Å². The van der Waals surface area contributed by atoms with Gasteiger partial charge in [0.05, 0.1) is 10.6 Å². The first kappa shape index (κ1) is 12.5. The highest BCUT2D eigenvalue weighted by Crippen LogP contribution is 2.29. The average molecular weight is 333 g/mol. The van der Waals surface area contributed by atoms with E-state index in [1.54, 1.807) is 37.3 Å². The number of benzene rings is 1. The van der Waals surface area contributed by atoms with Crippen LogP contribution in [-0.4, -0.2) is 13.4 Å². The highest BCUT2D eigenvalue weighted by atomic mass is 79.9. The molecule has 1 heterocycles. The predicted molar refractivity (Wildman–Crippen MR) is 71.8 cm³/mol. The normalized spacial score (nSPS) is 11.4. The monoisotopic (exact) mass is 332 g/mol. The molecule has 0 aliphatic heterocycles. The third-order valence-electron chi connectivity index (χ3n) is 2.05. The van der Waals surface area contributed by atoms with Gasteiger partial charge in [0.1, 0.15) is 5.00 Å². The zero-order valence-corrected chi connectivity index (χ0v) is 12.1. The van der Waals surface area contributed by atoms with E-state index in [9.17, 15) is 8.42 Å². The highest BCUT2D eigenvalue weighted by molar-refractivity contribution is 9.11. The van der Waals surface area contributed by atoms with Gasteiger partial charge in [-0.1, -0.05) is 29.5 Å². The lowest BCUT2D eigenvalue weighted by Crippen LogP contribution is -2.12. The number of halogens is 1. The van der Waals surface area contributed by atoms with Crippen LogP contribution in [0.3, 0.4) is 0 Å². The molecule has 7 heteroatoms. The van der Waals surface area contributed by atoms with Crippen molar-refractivity contribution >= 4 is 42.3 Å². The number of aryl methyl sites for hydroxylation is 1. The van der Waals surface area contributed by atoms with Gasteiger partial charge < -0.3 is 0 Å². The Labute approximate surface area is 112 Å². The molecule has 0 saturated carbocycles. The number of hydrogen-bond donors (Lipinski definition) is 1. The number of anilines is 1. The Morgan fingerprint density at radius 3 is 2.47 bits per heavy atom. The first-order chi connectivity index (χ1) is 7.99. The molecule has 1 aromatic heterocycles. The Kier molecular flexibility index (Phi) is 3.50. The van der Waals surface area contributed by atoms with Gasteiger partial charge in [0.2, 0.25) is 0 Å². The number of aromatic nitrogens is 1. The molecule has 1 N–H and O–H groups in total. The molecular formula is C10H9BrN2O2S2. The maximum Gasteiger partial charge on any atom is 0.262 e. The summed E-state index contributed by atoms with van der Waals surface area (Å²) in [5.74, 6) is 0. The summed E-state index contributed by atoms with van der Waals surface area (Å²) in [6.07, 6.45) is 0. The Morgan fingerprint density at radius 1 is 1.29 bits per heavy atom. The van der Waals surface area contributed by atoms with Gasteiger partial charge in [-0.3, -0.25) is 4.72 Å². The van der Waals surface area contributed by atoms with Gasteiger partial charge in [-0.25, -0.2) is 13.4 Å². The van der Waals surface area contributed by atoms with E-state index < -0.39 is 10.0 Å². The Hall–Kier alpha value is -0.920. The molecule has 90 valence electrons. The van der Waals surface area contributed by atoms with Crippen molar-refractivity contribution < 1.29 is 8.42 Å². The fourth-order valence-corrected chi connectivity index (χ4v) is 4.06. The second-order valence-corrected chi connectivity index (χ2v) is 7.26. The summed E-state index contributed by atoms with van der Waals surface area (Å²) in [5.41, 5.74) is 0.654. The van der Waals surface area contributed by atoms with Crippen LogP contribution in [0.4, 0.5) is 5.00 Å². The van der Waals surface area contributed by atoms with Crippen molar-refractivity contribution in [2.45, 2.75) is 11.8 Å². The van der Waals surface area contributed by atoms with Crippen LogP contribution in [-0.2, 0) is 10.0 Å². The zero-order chi connectivity index (χ0) is 12.5. The van der Waals surface area contributed by atoms with Crippen molar-refractivity contribution in [2.75, 3.05) is 4.72 Å². The minimum Gasteiger partial charge on any atom is -0.269 e. The van der Waals surface area contributed by atoms with Crippen molar-refractivity contribution in [3.63, 3.8) is 0 Å². The van der Waals surface area contributed by atoms with Gasteiger partial charge in [0, 0.05) is 0 Å². The Balaban J connectivity index is 2.33. The molecule has 0 aliphatic rings. The van der Waals surface area contributed by atoms with Crippen molar-refractivity contribution in [3.8, 4) is 0 Å². The second kappa shape index (κ2) is 4.75. The van der Waals surface area contributed by atoms with E-state index in [1.165, 1.54) is 11.3 Å². The van der Waals surface area contributed by atoms with E-state index >= 15 is 0 Å². The molecule has 0 aliphatic carbocycles. The van der Waals surface area contributed by atoms with Crippen molar-refractivity contribution in [1.29, 1.82) is 0 Å². The third kappa shape index (κ3) is 2.85. The Morgan fingerprint density at radius 2 is 1.94 bits per heavy atom. The van der Waals surface area contributed by atoms with Gasteiger partial charge in [0.25, 0.3) is 10.0 Å². The minimum atomic E-state index is -3.52. The number of nitrogens with one attached hydrogen (secondary N) is 1. The molecule has 2 rings (SSSR count). The molecule has 0 spiro atoms. The van der Waals surface area contributed by atoms with Gasteiger partial charge in [0.15, 0.2) is 3.92 Å². The maximum absolute atomic E-state index is 12.0. The van der Waals surface area contributed by atoms with E-state index in [1.807, 2.05) is 0 Å². The van der Waals surface area contributed by atoms with E-state index in [2.05, 4.69) is 25.6 Å². The highest BCUT2D eigenvalue weighted by Gasteiger charge is 2.16. The fraction of sp³-hybridized carbons (Fsp3) is 0.100. The number of hydrogen-bond acceptors (Lipinski definition) is 4. The Bertz CT molecular complexity index is 623. The molecule has 0 amide bonds. The van der Waals surface area contributed by atoms with Crippen LogP contribution >= 0.6 is 27.3 Å². The van der Waals surface area contributed by atoms with E-state index in [0.717, 1.165) is 0 Å². The molecule has 4 nitrogen and oxygen atoms in total. The lowest BCUT2D eigenvalue weighted by molar-refractivity contribution is 0.601. The van der Waals surface area contributed by atoms with Crippen molar-refractivity contribution in [2.24, 2.45) is 0 Å². The van der Waals surface area contributed by atoms with Crippen LogP contribution in [0, 0.1) is 6.92 Å². The number of rotatable bonds is 3. The van der Waals surface area contributed by atoms with E-state index in [0.29, 0.717) is 14.6 Å². The van der Waals surface area contributed by atoms with Gasteiger partial charge in [-0.2, -0.15) is 0 Å². The molecule has 2 aromatic rings. The predicted octanol–water partition coefficient (Wildman–Crippen LogP) is 3.01. The van der Waals surface area contributed by atoms with Gasteiger partial charge in [-0.05, 0) is 35.0 Å². The summed E-state index contributed by atoms with van der Waals surface area (Å²) in [7, 11) is -3.52. The molecule has 17 heavy (non-hydrogen) atoms. The molecule has 1 aromatic carbocycles. The van der Waals surface area contributed by atoms with Gasteiger partial charge in [-0.15, -0.1) is 0 Å².